The summed E-state index contributed by atoms with van der Waals surface area (Å²) in [6.07, 6.45) is 1.50. The highest BCUT2D eigenvalue weighted by atomic mass is 19.1. The molecule has 0 aliphatic rings. The number of furan rings is 1. The minimum absolute atomic E-state index is 0.0385. The van der Waals surface area contributed by atoms with Crippen LogP contribution in [-0.4, -0.2) is 4.92 Å². The van der Waals surface area contributed by atoms with Gasteiger partial charge in [-0.3, -0.25) is 10.1 Å². The van der Waals surface area contributed by atoms with Crippen molar-refractivity contribution >= 4 is 17.3 Å². The Kier molecular flexibility index (Phi) is 4.40. The van der Waals surface area contributed by atoms with Gasteiger partial charge in [0, 0.05) is 17.7 Å². The van der Waals surface area contributed by atoms with E-state index in [0.717, 1.165) is 0 Å². The molecule has 0 unspecified atom stereocenters. The van der Waals surface area contributed by atoms with Gasteiger partial charge in [-0.15, -0.1) is 0 Å². The van der Waals surface area contributed by atoms with Crippen LogP contribution < -0.4 is 0 Å². The topological polar surface area (TPSA) is 80.1 Å². The quantitative estimate of drug-likeness (QED) is 0.379. The second kappa shape index (κ2) is 6.81. The Hall–Kier alpha value is -3.72. The molecule has 122 valence electrons. The normalized spacial score (nSPS) is 11.1. The van der Waals surface area contributed by atoms with E-state index in [9.17, 15) is 19.8 Å². The molecule has 0 amide bonds. The van der Waals surface area contributed by atoms with Crippen LogP contribution in [0.1, 0.15) is 11.3 Å². The molecule has 0 N–H and O–H groups in total. The number of nitriles is 1. The fourth-order valence-corrected chi connectivity index (χ4v) is 2.34. The van der Waals surface area contributed by atoms with Crippen molar-refractivity contribution in [1.29, 1.82) is 5.26 Å². The molecule has 0 fully saturated rings. The average Bonchev–Trinajstić information content (AvgIpc) is 3.08. The summed E-state index contributed by atoms with van der Waals surface area (Å²) in [5.74, 6) is 0.393. The van der Waals surface area contributed by atoms with Crippen LogP contribution in [0.25, 0.3) is 23.0 Å². The Morgan fingerprint density at radius 3 is 2.68 bits per heavy atom. The van der Waals surface area contributed by atoms with Crippen LogP contribution in [0.15, 0.2) is 65.1 Å². The first-order valence-corrected chi connectivity index (χ1v) is 7.29. The van der Waals surface area contributed by atoms with Gasteiger partial charge in [-0.1, -0.05) is 24.3 Å². The lowest BCUT2D eigenvalue weighted by Gasteiger charge is -1.99. The standard InChI is InChI=1S/C19H11FN2O3/c20-16-5-1-3-13(9-16)15(12-21)11-18-7-8-19(25-18)14-4-2-6-17(10-14)22(23)24/h1-11H/b15-11+. The number of halogens is 1. The van der Waals surface area contributed by atoms with Crippen LogP contribution >= 0.6 is 0 Å². The third-order valence-electron chi connectivity index (χ3n) is 3.51. The maximum absolute atomic E-state index is 13.3. The van der Waals surface area contributed by atoms with E-state index in [4.69, 9.17) is 4.42 Å². The SMILES string of the molecule is N#C/C(=C\c1ccc(-c2cccc([N+](=O)[O-])c2)o1)c1cccc(F)c1. The number of benzene rings is 2. The van der Waals surface area contributed by atoms with E-state index < -0.39 is 10.7 Å². The van der Waals surface area contributed by atoms with Gasteiger partial charge in [0.05, 0.1) is 16.6 Å². The number of rotatable bonds is 4. The van der Waals surface area contributed by atoms with Gasteiger partial charge in [-0.05, 0) is 35.9 Å². The van der Waals surface area contributed by atoms with Gasteiger partial charge in [0.1, 0.15) is 17.3 Å². The van der Waals surface area contributed by atoms with Crippen LogP contribution in [0, 0.1) is 27.3 Å². The molecule has 3 aromatic rings. The first-order chi connectivity index (χ1) is 12.1. The van der Waals surface area contributed by atoms with Crippen LogP contribution in [-0.2, 0) is 0 Å². The van der Waals surface area contributed by atoms with Gasteiger partial charge in [0.25, 0.3) is 5.69 Å². The summed E-state index contributed by atoms with van der Waals surface area (Å²) < 4.78 is 19.0. The lowest BCUT2D eigenvalue weighted by molar-refractivity contribution is -0.384. The predicted octanol–water partition coefficient (Wildman–Crippen LogP) is 5.06. The molecule has 0 bridgehead atoms. The third-order valence-corrected chi connectivity index (χ3v) is 3.51. The molecule has 1 heterocycles. The second-order valence-electron chi connectivity index (χ2n) is 5.19. The number of nitrogens with zero attached hydrogens (tertiary/aromatic N) is 2. The molecule has 0 spiro atoms. The van der Waals surface area contributed by atoms with Crippen molar-refractivity contribution in [2.75, 3.05) is 0 Å². The molecular weight excluding hydrogens is 323 g/mol. The Balaban J connectivity index is 1.94. The molecule has 0 atom stereocenters. The van der Waals surface area contributed by atoms with E-state index in [1.165, 1.54) is 36.4 Å². The average molecular weight is 334 g/mol. The van der Waals surface area contributed by atoms with E-state index in [1.807, 2.05) is 6.07 Å². The smallest absolute Gasteiger partial charge is 0.270 e. The van der Waals surface area contributed by atoms with Gasteiger partial charge in [-0.25, -0.2) is 4.39 Å². The molecule has 2 aromatic carbocycles. The van der Waals surface area contributed by atoms with Gasteiger partial charge in [0.2, 0.25) is 0 Å². The van der Waals surface area contributed by atoms with Crippen molar-refractivity contribution in [3.8, 4) is 17.4 Å². The van der Waals surface area contributed by atoms with E-state index in [-0.39, 0.29) is 11.3 Å². The van der Waals surface area contributed by atoms with Gasteiger partial charge in [-0.2, -0.15) is 5.26 Å². The number of nitro benzene ring substituents is 1. The Labute approximate surface area is 142 Å². The fourth-order valence-electron chi connectivity index (χ4n) is 2.34. The minimum atomic E-state index is -0.481. The first-order valence-electron chi connectivity index (χ1n) is 7.29. The molecule has 1 aromatic heterocycles. The summed E-state index contributed by atoms with van der Waals surface area (Å²) in [6, 6.07) is 17.1. The highest BCUT2D eigenvalue weighted by Crippen LogP contribution is 2.27. The summed E-state index contributed by atoms with van der Waals surface area (Å²) in [7, 11) is 0. The summed E-state index contributed by atoms with van der Waals surface area (Å²) in [4.78, 5) is 10.4. The number of hydrogen-bond acceptors (Lipinski definition) is 4. The molecule has 3 rings (SSSR count). The molecule has 0 saturated carbocycles. The zero-order valence-electron chi connectivity index (χ0n) is 12.8. The molecule has 5 nitrogen and oxygen atoms in total. The van der Waals surface area contributed by atoms with Crippen molar-refractivity contribution in [3.63, 3.8) is 0 Å². The maximum atomic E-state index is 13.3. The molecule has 25 heavy (non-hydrogen) atoms. The summed E-state index contributed by atoms with van der Waals surface area (Å²) in [6.45, 7) is 0. The zero-order chi connectivity index (χ0) is 17.8. The van der Waals surface area contributed by atoms with Gasteiger partial charge >= 0.3 is 0 Å². The number of nitro groups is 1. The van der Waals surface area contributed by atoms with Gasteiger partial charge < -0.3 is 4.42 Å². The highest BCUT2D eigenvalue weighted by molar-refractivity contribution is 5.88. The van der Waals surface area contributed by atoms with Crippen molar-refractivity contribution < 1.29 is 13.7 Å². The molecule has 0 aliphatic heterocycles. The van der Waals surface area contributed by atoms with E-state index in [0.29, 0.717) is 22.6 Å². The maximum Gasteiger partial charge on any atom is 0.270 e. The summed E-state index contributed by atoms with van der Waals surface area (Å²) >= 11 is 0. The number of non-ortho nitro benzene ring substituents is 1. The summed E-state index contributed by atoms with van der Waals surface area (Å²) in [5.41, 5.74) is 1.21. The molecule has 0 saturated heterocycles. The van der Waals surface area contributed by atoms with Crippen LogP contribution in [0.3, 0.4) is 0 Å². The van der Waals surface area contributed by atoms with Crippen molar-refractivity contribution in [2.24, 2.45) is 0 Å². The van der Waals surface area contributed by atoms with Crippen LogP contribution in [0.2, 0.25) is 0 Å². The Morgan fingerprint density at radius 1 is 1.16 bits per heavy atom. The Morgan fingerprint density at radius 2 is 1.96 bits per heavy atom. The minimum Gasteiger partial charge on any atom is -0.457 e. The van der Waals surface area contributed by atoms with Gasteiger partial charge in [0.15, 0.2) is 0 Å². The zero-order valence-corrected chi connectivity index (χ0v) is 12.8. The Bertz CT molecular complexity index is 1020. The predicted molar refractivity (Wildman–Crippen MR) is 90.7 cm³/mol. The van der Waals surface area contributed by atoms with E-state index in [2.05, 4.69) is 0 Å². The monoisotopic (exact) mass is 334 g/mol. The van der Waals surface area contributed by atoms with E-state index >= 15 is 0 Å². The lowest BCUT2D eigenvalue weighted by atomic mass is 10.1. The van der Waals surface area contributed by atoms with Crippen molar-refractivity contribution in [2.45, 2.75) is 0 Å². The fraction of sp³-hybridized carbons (Fsp3) is 0. The lowest BCUT2D eigenvalue weighted by Crippen LogP contribution is -1.87. The summed E-state index contributed by atoms with van der Waals surface area (Å²) in [5, 5.41) is 20.2. The second-order valence-corrected chi connectivity index (χ2v) is 5.19. The van der Waals surface area contributed by atoms with Crippen LogP contribution in [0.5, 0.6) is 0 Å². The highest BCUT2D eigenvalue weighted by Gasteiger charge is 2.10. The molecular formula is C19H11FN2O3. The largest absolute Gasteiger partial charge is 0.457 e. The van der Waals surface area contributed by atoms with Crippen molar-refractivity contribution in [1.82, 2.24) is 0 Å². The molecule has 6 heteroatoms. The van der Waals surface area contributed by atoms with Crippen LogP contribution in [0.4, 0.5) is 10.1 Å². The number of hydrogen-bond donors (Lipinski definition) is 0. The van der Waals surface area contributed by atoms with E-state index in [1.54, 1.807) is 30.3 Å². The molecule has 0 aliphatic carbocycles. The number of allylic oxidation sites excluding steroid dienone is 1. The first kappa shape index (κ1) is 16.1. The molecule has 0 radical (unpaired) electrons. The third kappa shape index (κ3) is 3.62. The van der Waals surface area contributed by atoms with Crippen molar-refractivity contribution in [3.05, 3.63) is 87.9 Å².